The summed E-state index contributed by atoms with van der Waals surface area (Å²) in [5.74, 6) is 0.0709. The maximum absolute atomic E-state index is 12.5. The van der Waals surface area contributed by atoms with E-state index >= 15 is 0 Å². The highest BCUT2D eigenvalue weighted by Gasteiger charge is 2.17. The fourth-order valence-electron chi connectivity index (χ4n) is 2.94. The number of amides is 1. The molecule has 4 aromatic rings. The lowest BCUT2D eigenvalue weighted by Gasteiger charge is -2.06. The predicted octanol–water partition coefficient (Wildman–Crippen LogP) is 3.96. The largest absolute Gasteiger partial charge is 0.451 e. The summed E-state index contributed by atoms with van der Waals surface area (Å²) < 4.78 is 7.45. The molecule has 1 amide bonds. The van der Waals surface area contributed by atoms with Crippen molar-refractivity contribution in [2.24, 2.45) is 0 Å². The molecule has 0 atom stereocenters. The summed E-state index contributed by atoms with van der Waals surface area (Å²) in [5.41, 5.74) is 3.55. The molecule has 0 unspecified atom stereocenters. The fourth-order valence-corrected chi connectivity index (χ4v) is 3.11. The van der Waals surface area contributed by atoms with Crippen LogP contribution in [0, 0.1) is 6.92 Å². The van der Waals surface area contributed by atoms with E-state index in [1.807, 2.05) is 31.2 Å². The van der Waals surface area contributed by atoms with Crippen molar-refractivity contribution in [3.8, 4) is 0 Å². The molecule has 0 saturated carbocycles. The van der Waals surface area contributed by atoms with E-state index in [1.165, 1.54) is 6.33 Å². The standard InChI is InChI=1S/C20H17ClN4O2/c1-13-17-8-16(21)6-7-18(17)27-19(13)20(26)23-9-14-2-4-15(5-3-14)10-25-12-22-11-24-25/h2-8,11-12H,9-10H2,1H3,(H,23,26). The molecule has 6 nitrogen and oxygen atoms in total. The Labute approximate surface area is 160 Å². The van der Waals surface area contributed by atoms with E-state index in [1.54, 1.807) is 29.2 Å². The highest BCUT2D eigenvalue weighted by Crippen LogP contribution is 2.27. The number of carbonyl (C=O) groups is 1. The number of benzene rings is 2. The molecule has 0 aliphatic rings. The molecule has 7 heteroatoms. The van der Waals surface area contributed by atoms with Gasteiger partial charge >= 0.3 is 0 Å². The maximum Gasteiger partial charge on any atom is 0.287 e. The number of nitrogens with zero attached hydrogens (tertiary/aromatic N) is 3. The van der Waals surface area contributed by atoms with Gasteiger partial charge in [-0.3, -0.25) is 4.79 Å². The van der Waals surface area contributed by atoms with Gasteiger partial charge < -0.3 is 9.73 Å². The van der Waals surface area contributed by atoms with Crippen molar-refractivity contribution < 1.29 is 9.21 Å². The Morgan fingerprint density at radius 1 is 1.19 bits per heavy atom. The molecule has 0 spiro atoms. The van der Waals surface area contributed by atoms with Gasteiger partial charge in [0.1, 0.15) is 18.2 Å². The summed E-state index contributed by atoms with van der Waals surface area (Å²) in [6.45, 7) is 2.93. The van der Waals surface area contributed by atoms with Crippen LogP contribution in [0.25, 0.3) is 11.0 Å². The molecule has 27 heavy (non-hydrogen) atoms. The molecule has 0 aliphatic heterocycles. The molecule has 136 valence electrons. The first-order valence-electron chi connectivity index (χ1n) is 8.47. The third-order valence-corrected chi connectivity index (χ3v) is 4.63. The van der Waals surface area contributed by atoms with Crippen LogP contribution in [0.5, 0.6) is 0 Å². The minimum absolute atomic E-state index is 0.244. The Morgan fingerprint density at radius 3 is 2.70 bits per heavy atom. The minimum atomic E-state index is -0.244. The van der Waals surface area contributed by atoms with E-state index < -0.39 is 0 Å². The summed E-state index contributed by atoms with van der Waals surface area (Å²) in [6.07, 6.45) is 3.19. The lowest BCUT2D eigenvalue weighted by Crippen LogP contribution is -2.22. The zero-order valence-corrected chi connectivity index (χ0v) is 15.4. The number of carbonyl (C=O) groups excluding carboxylic acids is 1. The highest BCUT2D eigenvalue weighted by molar-refractivity contribution is 6.31. The SMILES string of the molecule is Cc1c(C(=O)NCc2ccc(Cn3cncn3)cc2)oc2ccc(Cl)cc12. The van der Waals surface area contributed by atoms with E-state index in [0.717, 1.165) is 22.1 Å². The van der Waals surface area contributed by atoms with Gasteiger partial charge in [0, 0.05) is 22.5 Å². The number of hydrogen-bond donors (Lipinski definition) is 1. The second-order valence-electron chi connectivity index (χ2n) is 6.29. The topological polar surface area (TPSA) is 73.0 Å². The van der Waals surface area contributed by atoms with Crippen LogP contribution >= 0.6 is 11.6 Å². The molecule has 0 saturated heterocycles. The van der Waals surface area contributed by atoms with Gasteiger partial charge in [-0.15, -0.1) is 0 Å². The fraction of sp³-hybridized carbons (Fsp3) is 0.150. The first kappa shape index (κ1) is 17.3. The van der Waals surface area contributed by atoms with E-state index in [9.17, 15) is 4.79 Å². The average molecular weight is 381 g/mol. The quantitative estimate of drug-likeness (QED) is 0.568. The van der Waals surface area contributed by atoms with Crippen LogP contribution in [0.1, 0.15) is 27.2 Å². The van der Waals surface area contributed by atoms with Crippen LogP contribution in [-0.2, 0) is 13.1 Å². The van der Waals surface area contributed by atoms with E-state index in [-0.39, 0.29) is 5.91 Å². The van der Waals surface area contributed by atoms with Crippen LogP contribution in [-0.4, -0.2) is 20.7 Å². The van der Waals surface area contributed by atoms with Crippen LogP contribution in [0.2, 0.25) is 5.02 Å². The molecular weight excluding hydrogens is 364 g/mol. The van der Waals surface area contributed by atoms with Crippen molar-refractivity contribution in [1.29, 1.82) is 0 Å². The van der Waals surface area contributed by atoms with Gasteiger partial charge in [0.15, 0.2) is 5.76 Å². The number of halogens is 1. The third-order valence-electron chi connectivity index (χ3n) is 4.39. The zero-order chi connectivity index (χ0) is 18.8. The second kappa shape index (κ2) is 7.25. The Balaban J connectivity index is 1.42. The van der Waals surface area contributed by atoms with Gasteiger partial charge in [0.25, 0.3) is 5.91 Å². The number of aryl methyl sites for hydroxylation is 1. The highest BCUT2D eigenvalue weighted by atomic mass is 35.5. The Bertz CT molecular complexity index is 1090. The Hall–Kier alpha value is -3.12. The number of fused-ring (bicyclic) bond motifs is 1. The smallest absolute Gasteiger partial charge is 0.287 e. The number of aromatic nitrogens is 3. The van der Waals surface area contributed by atoms with Crippen molar-refractivity contribution in [2.45, 2.75) is 20.0 Å². The zero-order valence-electron chi connectivity index (χ0n) is 14.6. The average Bonchev–Trinajstić information content (AvgIpc) is 3.29. The van der Waals surface area contributed by atoms with Crippen molar-refractivity contribution >= 4 is 28.5 Å². The van der Waals surface area contributed by atoms with Crippen LogP contribution < -0.4 is 5.32 Å². The van der Waals surface area contributed by atoms with Crippen molar-refractivity contribution in [2.75, 3.05) is 0 Å². The minimum Gasteiger partial charge on any atom is -0.451 e. The van der Waals surface area contributed by atoms with Crippen molar-refractivity contribution in [3.05, 3.63) is 82.6 Å². The molecule has 0 fully saturated rings. The van der Waals surface area contributed by atoms with Gasteiger partial charge in [-0.2, -0.15) is 5.10 Å². The Kier molecular flexibility index (Phi) is 4.64. The lowest BCUT2D eigenvalue weighted by molar-refractivity contribution is 0.0924. The normalized spacial score (nSPS) is 11.0. The van der Waals surface area contributed by atoms with Gasteiger partial charge in [-0.05, 0) is 36.2 Å². The molecular formula is C20H17ClN4O2. The van der Waals surface area contributed by atoms with Gasteiger partial charge in [0.2, 0.25) is 0 Å². The Morgan fingerprint density at radius 2 is 1.96 bits per heavy atom. The molecule has 2 heterocycles. The van der Waals surface area contributed by atoms with Gasteiger partial charge in [0.05, 0.1) is 6.54 Å². The van der Waals surface area contributed by atoms with E-state index in [2.05, 4.69) is 15.4 Å². The third kappa shape index (κ3) is 3.71. The molecule has 2 aromatic heterocycles. The number of furan rings is 1. The maximum atomic E-state index is 12.5. The number of rotatable bonds is 5. The second-order valence-corrected chi connectivity index (χ2v) is 6.73. The summed E-state index contributed by atoms with van der Waals surface area (Å²) in [5, 5.41) is 8.46. The monoisotopic (exact) mass is 380 g/mol. The van der Waals surface area contributed by atoms with Gasteiger partial charge in [-0.25, -0.2) is 9.67 Å². The number of hydrogen-bond acceptors (Lipinski definition) is 4. The van der Waals surface area contributed by atoms with Crippen LogP contribution in [0.3, 0.4) is 0 Å². The number of nitrogens with one attached hydrogen (secondary N) is 1. The predicted molar refractivity (Wildman–Crippen MR) is 103 cm³/mol. The van der Waals surface area contributed by atoms with E-state index in [4.69, 9.17) is 16.0 Å². The summed E-state index contributed by atoms with van der Waals surface area (Å²) >= 11 is 6.03. The molecule has 0 radical (unpaired) electrons. The van der Waals surface area contributed by atoms with Crippen molar-refractivity contribution in [1.82, 2.24) is 20.1 Å². The first-order valence-corrected chi connectivity index (χ1v) is 8.85. The molecule has 0 aliphatic carbocycles. The van der Waals surface area contributed by atoms with E-state index in [0.29, 0.717) is 29.5 Å². The van der Waals surface area contributed by atoms with Gasteiger partial charge in [-0.1, -0.05) is 35.9 Å². The summed E-state index contributed by atoms with van der Waals surface area (Å²) in [7, 11) is 0. The molecule has 2 aromatic carbocycles. The first-order chi connectivity index (χ1) is 13.1. The van der Waals surface area contributed by atoms with Crippen LogP contribution in [0.15, 0.2) is 59.5 Å². The van der Waals surface area contributed by atoms with Crippen molar-refractivity contribution in [3.63, 3.8) is 0 Å². The molecule has 1 N–H and O–H groups in total. The summed E-state index contributed by atoms with van der Waals surface area (Å²) in [6, 6.07) is 13.3. The summed E-state index contributed by atoms with van der Waals surface area (Å²) in [4.78, 5) is 16.4. The van der Waals surface area contributed by atoms with Crippen LogP contribution in [0.4, 0.5) is 0 Å². The lowest BCUT2D eigenvalue weighted by atomic mass is 10.1. The molecule has 4 rings (SSSR count). The molecule has 0 bridgehead atoms.